The fourth-order valence-electron chi connectivity index (χ4n) is 3.00. The number of benzene rings is 1. The first-order valence-corrected chi connectivity index (χ1v) is 8.46. The second-order valence-electron chi connectivity index (χ2n) is 6.03. The molecule has 0 saturated heterocycles. The van der Waals surface area contributed by atoms with E-state index in [0.29, 0.717) is 11.9 Å². The van der Waals surface area contributed by atoms with Gasteiger partial charge in [0.1, 0.15) is 17.1 Å². The minimum Gasteiger partial charge on any atom is -0.491 e. The summed E-state index contributed by atoms with van der Waals surface area (Å²) >= 11 is 6.13. The number of fused-ring (bicyclic) bond motifs is 1. The summed E-state index contributed by atoms with van der Waals surface area (Å²) in [5, 5.41) is 0. The van der Waals surface area contributed by atoms with Crippen LogP contribution >= 0.6 is 11.6 Å². The molecule has 1 aliphatic carbocycles. The average Bonchev–Trinajstić information content (AvgIpc) is 3.21. The Morgan fingerprint density at radius 1 is 1.43 bits per heavy atom. The van der Waals surface area contributed by atoms with Crippen molar-refractivity contribution in [1.82, 2.24) is 9.55 Å². The molecule has 4 heteroatoms. The minimum atomic E-state index is 0.441. The molecule has 1 aliphatic rings. The van der Waals surface area contributed by atoms with Crippen molar-refractivity contribution in [2.75, 3.05) is 6.61 Å². The molecular formula is C17H23ClN2O. The van der Waals surface area contributed by atoms with Gasteiger partial charge in [-0.3, -0.25) is 0 Å². The molecule has 21 heavy (non-hydrogen) atoms. The molecule has 1 saturated carbocycles. The zero-order chi connectivity index (χ0) is 14.8. The number of hydrogen-bond donors (Lipinski definition) is 0. The van der Waals surface area contributed by atoms with Gasteiger partial charge in [0.25, 0.3) is 0 Å². The molecule has 1 fully saturated rings. The van der Waals surface area contributed by atoms with E-state index in [9.17, 15) is 0 Å². The van der Waals surface area contributed by atoms with Crippen LogP contribution in [0, 0.1) is 5.92 Å². The van der Waals surface area contributed by atoms with Crippen LogP contribution in [0.3, 0.4) is 0 Å². The van der Waals surface area contributed by atoms with E-state index in [2.05, 4.69) is 24.5 Å². The van der Waals surface area contributed by atoms with E-state index >= 15 is 0 Å². The maximum Gasteiger partial charge on any atom is 0.147 e. The summed E-state index contributed by atoms with van der Waals surface area (Å²) in [6, 6.07) is 6.62. The summed E-state index contributed by atoms with van der Waals surface area (Å²) in [7, 11) is 0. The van der Waals surface area contributed by atoms with E-state index in [1.807, 2.05) is 12.1 Å². The third kappa shape index (κ3) is 3.03. The third-order valence-electron chi connectivity index (χ3n) is 4.15. The maximum absolute atomic E-state index is 6.13. The number of aromatic nitrogens is 2. The first-order valence-electron chi connectivity index (χ1n) is 7.93. The monoisotopic (exact) mass is 306 g/mol. The second-order valence-corrected chi connectivity index (χ2v) is 6.30. The van der Waals surface area contributed by atoms with Gasteiger partial charge in [-0.2, -0.15) is 0 Å². The van der Waals surface area contributed by atoms with Crippen molar-refractivity contribution in [1.29, 1.82) is 0 Å². The van der Waals surface area contributed by atoms with Gasteiger partial charge in [-0.25, -0.2) is 4.98 Å². The molecule has 2 aromatic rings. The Morgan fingerprint density at radius 2 is 2.24 bits per heavy atom. The summed E-state index contributed by atoms with van der Waals surface area (Å²) in [5.74, 6) is 3.15. The van der Waals surface area contributed by atoms with E-state index in [-0.39, 0.29) is 0 Å². The predicted molar refractivity (Wildman–Crippen MR) is 87.1 cm³/mol. The van der Waals surface area contributed by atoms with Gasteiger partial charge in [0.05, 0.1) is 18.0 Å². The fraction of sp³-hybridized carbons (Fsp3) is 0.588. The van der Waals surface area contributed by atoms with Crippen LogP contribution in [0.1, 0.15) is 51.4 Å². The number of ether oxygens (including phenoxy) is 1. The van der Waals surface area contributed by atoms with Gasteiger partial charge in [-0.05, 0) is 37.8 Å². The Bertz CT molecular complexity index is 619. The number of halogens is 1. The summed E-state index contributed by atoms with van der Waals surface area (Å²) in [4.78, 5) is 4.74. The molecule has 0 spiro atoms. The minimum absolute atomic E-state index is 0.441. The van der Waals surface area contributed by atoms with Gasteiger partial charge in [0.2, 0.25) is 0 Å². The van der Waals surface area contributed by atoms with Gasteiger partial charge < -0.3 is 9.30 Å². The lowest BCUT2D eigenvalue weighted by Gasteiger charge is -2.16. The van der Waals surface area contributed by atoms with Crippen molar-refractivity contribution in [3.05, 3.63) is 24.0 Å². The Labute approximate surface area is 131 Å². The molecule has 0 radical (unpaired) electrons. The fourth-order valence-corrected chi connectivity index (χ4v) is 3.18. The van der Waals surface area contributed by atoms with E-state index in [0.717, 1.165) is 41.6 Å². The average molecular weight is 307 g/mol. The SMILES string of the molecule is CCCOc1cccc2c1nc(CCl)n2C(C)CC1CC1. The molecule has 0 bridgehead atoms. The molecule has 3 nitrogen and oxygen atoms in total. The third-order valence-corrected chi connectivity index (χ3v) is 4.39. The lowest BCUT2D eigenvalue weighted by molar-refractivity contribution is 0.320. The summed E-state index contributed by atoms with van der Waals surface area (Å²) in [6.45, 7) is 5.11. The van der Waals surface area contributed by atoms with E-state index in [1.165, 1.54) is 19.3 Å². The van der Waals surface area contributed by atoms with Crippen LogP contribution in [0.15, 0.2) is 18.2 Å². The van der Waals surface area contributed by atoms with E-state index in [4.69, 9.17) is 21.3 Å². The molecule has 114 valence electrons. The number of alkyl halides is 1. The molecule has 1 heterocycles. The molecule has 3 rings (SSSR count). The molecule has 0 N–H and O–H groups in total. The number of rotatable bonds is 7. The first kappa shape index (κ1) is 14.7. The highest BCUT2D eigenvalue weighted by Gasteiger charge is 2.26. The van der Waals surface area contributed by atoms with E-state index in [1.54, 1.807) is 0 Å². The topological polar surface area (TPSA) is 27.1 Å². The Balaban J connectivity index is 2.00. The van der Waals surface area contributed by atoms with Gasteiger partial charge in [-0.1, -0.05) is 25.8 Å². The molecule has 0 amide bonds. The van der Waals surface area contributed by atoms with Crippen LogP contribution in [0.5, 0.6) is 5.75 Å². The highest BCUT2D eigenvalue weighted by atomic mass is 35.5. The molecule has 1 aromatic carbocycles. The van der Waals surface area contributed by atoms with Gasteiger partial charge in [-0.15, -0.1) is 11.6 Å². The zero-order valence-electron chi connectivity index (χ0n) is 12.8. The lowest BCUT2D eigenvalue weighted by atomic mass is 10.1. The van der Waals surface area contributed by atoms with Crippen molar-refractivity contribution in [2.24, 2.45) is 5.92 Å². The first-order chi connectivity index (χ1) is 10.2. The van der Waals surface area contributed by atoms with E-state index < -0.39 is 0 Å². The summed E-state index contributed by atoms with van der Waals surface area (Å²) < 4.78 is 8.14. The molecule has 1 aromatic heterocycles. The zero-order valence-corrected chi connectivity index (χ0v) is 13.6. The van der Waals surface area contributed by atoms with Crippen molar-refractivity contribution < 1.29 is 4.74 Å². The van der Waals surface area contributed by atoms with Crippen LogP contribution in [-0.4, -0.2) is 16.2 Å². The van der Waals surface area contributed by atoms with Gasteiger partial charge >= 0.3 is 0 Å². The number of nitrogens with zero attached hydrogens (tertiary/aromatic N) is 2. The standard InChI is InChI=1S/C17H23ClN2O/c1-3-9-21-15-6-4-5-14-17(15)19-16(11-18)20(14)12(2)10-13-7-8-13/h4-6,12-13H,3,7-11H2,1-2H3. The largest absolute Gasteiger partial charge is 0.491 e. The lowest BCUT2D eigenvalue weighted by Crippen LogP contribution is -2.09. The highest BCUT2D eigenvalue weighted by Crippen LogP contribution is 2.39. The van der Waals surface area contributed by atoms with Crippen LogP contribution in [0.2, 0.25) is 0 Å². The molecular weight excluding hydrogens is 284 g/mol. The summed E-state index contributed by atoms with van der Waals surface area (Å²) in [6.07, 6.45) is 4.96. The molecule has 1 unspecified atom stereocenters. The molecule has 1 atom stereocenters. The highest BCUT2D eigenvalue weighted by molar-refractivity contribution is 6.16. The second kappa shape index (κ2) is 6.27. The normalized spacial score (nSPS) is 16.3. The predicted octanol–water partition coefficient (Wildman–Crippen LogP) is 4.93. The van der Waals surface area contributed by atoms with Crippen molar-refractivity contribution in [3.8, 4) is 5.75 Å². The van der Waals surface area contributed by atoms with Crippen LogP contribution in [0.4, 0.5) is 0 Å². The van der Waals surface area contributed by atoms with Gasteiger partial charge in [0.15, 0.2) is 0 Å². The Morgan fingerprint density at radius 3 is 2.90 bits per heavy atom. The van der Waals surface area contributed by atoms with Gasteiger partial charge in [0, 0.05) is 6.04 Å². The number of para-hydroxylation sites is 1. The van der Waals surface area contributed by atoms with Crippen LogP contribution in [0.25, 0.3) is 11.0 Å². The van der Waals surface area contributed by atoms with Crippen LogP contribution < -0.4 is 4.74 Å². The smallest absolute Gasteiger partial charge is 0.147 e. The Hall–Kier alpha value is -1.22. The maximum atomic E-state index is 6.13. The molecule has 0 aliphatic heterocycles. The van der Waals surface area contributed by atoms with Crippen molar-refractivity contribution >= 4 is 22.6 Å². The Kier molecular flexibility index (Phi) is 4.39. The number of hydrogen-bond acceptors (Lipinski definition) is 2. The quantitative estimate of drug-likeness (QED) is 0.678. The summed E-state index contributed by atoms with van der Waals surface area (Å²) in [5.41, 5.74) is 2.09. The van der Waals surface area contributed by atoms with Crippen molar-refractivity contribution in [3.63, 3.8) is 0 Å². The van der Waals surface area contributed by atoms with Crippen molar-refractivity contribution in [2.45, 2.75) is 51.5 Å². The van der Waals surface area contributed by atoms with Crippen LogP contribution in [-0.2, 0) is 5.88 Å². The number of imidazole rings is 1.